The molecule has 1 aliphatic heterocycles. The fourth-order valence-corrected chi connectivity index (χ4v) is 4.63. The third-order valence-electron chi connectivity index (χ3n) is 5.33. The molecule has 30 heavy (non-hydrogen) atoms. The van der Waals surface area contributed by atoms with Crippen LogP contribution in [0, 0.1) is 0 Å². The molecule has 1 aromatic heterocycles. The van der Waals surface area contributed by atoms with Crippen LogP contribution in [-0.2, 0) is 11.4 Å². The highest BCUT2D eigenvalue weighted by molar-refractivity contribution is 8.00. The van der Waals surface area contributed by atoms with Crippen LogP contribution in [0.3, 0.4) is 0 Å². The van der Waals surface area contributed by atoms with Crippen LogP contribution in [0.5, 0.6) is 5.75 Å². The van der Waals surface area contributed by atoms with Crippen molar-refractivity contribution in [1.82, 2.24) is 9.78 Å². The molecule has 0 aliphatic carbocycles. The summed E-state index contributed by atoms with van der Waals surface area (Å²) < 4.78 is 7.66. The summed E-state index contributed by atoms with van der Waals surface area (Å²) >= 11 is 1.46. The molecule has 0 saturated heterocycles. The van der Waals surface area contributed by atoms with E-state index in [0.717, 1.165) is 23.3 Å². The highest BCUT2D eigenvalue weighted by Crippen LogP contribution is 2.40. The van der Waals surface area contributed by atoms with Gasteiger partial charge in [-0.05, 0) is 36.6 Å². The summed E-state index contributed by atoms with van der Waals surface area (Å²) in [5.74, 6) is 1.55. The van der Waals surface area contributed by atoms with Gasteiger partial charge in [0.1, 0.15) is 18.2 Å². The summed E-state index contributed by atoms with van der Waals surface area (Å²) in [7, 11) is 0. The SMILES string of the molecule is CC[C@H](C)n1[nH]c(=O)c2c1NC(=O)CS[C@@H]2c1ccc(OCc2ccccc2)cc1. The molecule has 2 aromatic carbocycles. The number of rotatable bonds is 6. The van der Waals surface area contributed by atoms with Crippen LogP contribution in [0.15, 0.2) is 59.4 Å². The molecule has 0 saturated carbocycles. The highest BCUT2D eigenvalue weighted by atomic mass is 32.2. The average Bonchev–Trinajstić information content (AvgIpc) is 2.98. The van der Waals surface area contributed by atoms with Crippen LogP contribution in [-0.4, -0.2) is 21.4 Å². The van der Waals surface area contributed by atoms with Gasteiger partial charge in [0.25, 0.3) is 5.56 Å². The van der Waals surface area contributed by atoms with Gasteiger partial charge in [0, 0.05) is 6.04 Å². The van der Waals surface area contributed by atoms with E-state index in [1.54, 1.807) is 4.68 Å². The molecule has 7 heteroatoms. The zero-order valence-corrected chi connectivity index (χ0v) is 17.9. The lowest BCUT2D eigenvalue weighted by atomic mass is 10.1. The number of nitrogens with one attached hydrogen (secondary N) is 2. The normalized spacial score (nSPS) is 17.0. The Labute approximate surface area is 179 Å². The van der Waals surface area contributed by atoms with Crippen LogP contribution in [0.2, 0.25) is 0 Å². The molecule has 0 unspecified atom stereocenters. The number of benzene rings is 2. The molecule has 1 amide bonds. The number of H-pyrrole nitrogens is 1. The van der Waals surface area contributed by atoms with Gasteiger partial charge in [-0.3, -0.25) is 19.4 Å². The first-order chi connectivity index (χ1) is 14.6. The Morgan fingerprint density at radius 3 is 2.57 bits per heavy atom. The molecule has 2 N–H and O–H groups in total. The fourth-order valence-electron chi connectivity index (χ4n) is 3.50. The second-order valence-corrected chi connectivity index (χ2v) is 8.51. The Balaban J connectivity index is 1.60. The molecule has 1 aliphatic rings. The first-order valence-electron chi connectivity index (χ1n) is 10.1. The molecule has 4 rings (SSSR count). The van der Waals surface area contributed by atoms with Crippen molar-refractivity contribution < 1.29 is 9.53 Å². The summed E-state index contributed by atoms with van der Waals surface area (Å²) in [5.41, 5.74) is 2.52. The minimum absolute atomic E-state index is 0.0827. The van der Waals surface area contributed by atoms with Crippen molar-refractivity contribution >= 4 is 23.5 Å². The molecule has 0 fully saturated rings. The third kappa shape index (κ3) is 4.16. The van der Waals surface area contributed by atoms with Gasteiger partial charge in [0.05, 0.1) is 16.6 Å². The number of amides is 1. The van der Waals surface area contributed by atoms with E-state index in [0.29, 0.717) is 23.7 Å². The van der Waals surface area contributed by atoms with Gasteiger partial charge in [0.15, 0.2) is 0 Å². The largest absolute Gasteiger partial charge is 0.489 e. The van der Waals surface area contributed by atoms with E-state index in [1.807, 2.05) is 68.4 Å². The van der Waals surface area contributed by atoms with Crippen LogP contribution in [0.25, 0.3) is 0 Å². The van der Waals surface area contributed by atoms with Gasteiger partial charge in [-0.1, -0.05) is 49.4 Å². The maximum atomic E-state index is 12.8. The second kappa shape index (κ2) is 8.83. The Bertz CT molecular complexity index is 1070. The van der Waals surface area contributed by atoms with Gasteiger partial charge < -0.3 is 10.1 Å². The molecule has 156 valence electrons. The summed E-state index contributed by atoms with van der Waals surface area (Å²) in [6.07, 6.45) is 0.845. The number of nitrogens with zero attached hydrogens (tertiary/aromatic N) is 1. The number of thioether (sulfide) groups is 1. The lowest BCUT2D eigenvalue weighted by Gasteiger charge is -2.16. The molecule has 0 radical (unpaired) electrons. The number of anilines is 1. The number of hydrogen-bond donors (Lipinski definition) is 2. The number of carbonyl (C=O) groups excluding carboxylic acids is 1. The fraction of sp³-hybridized carbons (Fsp3) is 0.304. The number of hydrogen-bond acceptors (Lipinski definition) is 4. The Hall–Kier alpha value is -2.93. The number of aromatic nitrogens is 2. The smallest absolute Gasteiger partial charge is 0.270 e. The Morgan fingerprint density at radius 1 is 1.13 bits per heavy atom. The van der Waals surface area contributed by atoms with Gasteiger partial charge >= 0.3 is 0 Å². The maximum absolute atomic E-state index is 12.8. The van der Waals surface area contributed by atoms with Crippen molar-refractivity contribution in [2.24, 2.45) is 0 Å². The molecular formula is C23H25N3O3S. The van der Waals surface area contributed by atoms with E-state index in [9.17, 15) is 9.59 Å². The number of aromatic amines is 1. The van der Waals surface area contributed by atoms with Crippen molar-refractivity contribution in [3.05, 3.63) is 81.6 Å². The van der Waals surface area contributed by atoms with Crippen LogP contribution >= 0.6 is 11.8 Å². The number of carbonyl (C=O) groups is 1. The third-order valence-corrected chi connectivity index (χ3v) is 6.60. The van der Waals surface area contributed by atoms with Crippen molar-refractivity contribution in [2.45, 2.75) is 38.2 Å². The van der Waals surface area contributed by atoms with Crippen molar-refractivity contribution in [3.8, 4) is 5.75 Å². The van der Waals surface area contributed by atoms with Crippen molar-refractivity contribution in [1.29, 1.82) is 0 Å². The zero-order chi connectivity index (χ0) is 21.1. The van der Waals surface area contributed by atoms with Crippen LogP contribution < -0.4 is 15.6 Å². The van der Waals surface area contributed by atoms with E-state index in [-0.39, 0.29) is 22.8 Å². The lowest BCUT2D eigenvalue weighted by molar-refractivity contribution is -0.113. The van der Waals surface area contributed by atoms with E-state index in [2.05, 4.69) is 10.4 Å². The first-order valence-corrected chi connectivity index (χ1v) is 11.1. The molecule has 0 spiro atoms. The summed E-state index contributed by atoms with van der Waals surface area (Å²) in [4.78, 5) is 25.1. The minimum Gasteiger partial charge on any atom is -0.489 e. The highest BCUT2D eigenvalue weighted by Gasteiger charge is 2.31. The first kappa shape index (κ1) is 20.3. The maximum Gasteiger partial charge on any atom is 0.270 e. The Kier molecular flexibility index (Phi) is 5.99. The molecular weight excluding hydrogens is 398 g/mol. The molecule has 6 nitrogen and oxygen atoms in total. The average molecular weight is 424 g/mol. The molecule has 3 aromatic rings. The van der Waals surface area contributed by atoms with Gasteiger partial charge in [-0.2, -0.15) is 0 Å². The van der Waals surface area contributed by atoms with E-state index < -0.39 is 0 Å². The molecule has 2 atom stereocenters. The van der Waals surface area contributed by atoms with Crippen LogP contribution in [0.1, 0.15) is 48.3 Å². The predicted octanol–water partition coefficient (Wildman–Crippen LogP) is 4.50. The molecule has 0 bridgehead atoms. The standard InChI is InChI=1S/C23H25N3O3S/c1-3-15(2)26-22-20(23(28)25-26)21(30-14-19(27)24-22)17-9-11-18(12-10-17)29-13-16-7-5-4-6-8-16/h4-12,15,21H,3,13-14H2,1-2H3,(H,24,27)(H,25,28)/t15-,21+/m0/s1. The van der Waals surface area contributed by atoms with E-state index in [1.165, 1.54) is 11.8 Å². The van der Waals surface area contributed by atoms with Crippen molar-refractivity contribution in [3.63, 3.8) is 0 Å². The van der Waals surface area contributed by atoms with Crippen LogP contribution in [0.4, 0.5) is 5.82 Å². The quantitative estimate of drug-likeness (QED) is 0.612. The lowest BCUT2D eigenvalue weighted by Crippen LogP contribution is -2.18. The molecule has 2 heterocycles. The van der Waals surface area contributed by atoms with E-state index >= 15 is 0 Å². The Morgan fingerprint density at radius 2 is 1.87 bits per heavy atom. The zero-order valence-electron chi connectivity index (χ0n) is 17.1. The van der Waals surface area contributed by atoms with Gasteiger partial charge in [0.2, 0.25) is 5.91 Å². The monoisotopic (exact) mass is 423 g/mol. The summed E-state index contributed by atoms with van der Waals surface area (Å²) in [6.45, 7) is 4.57. The summed E-state index contributed by atoms with van der Waals surface area (Å²) in [5, 5.41) is 5.61. The second-order valence-electron chi connectivity index (χ2n) is 7.41. The van der Waals surface area contributed by atoms with E-state index in [4.69, 9.17) is 4.74 Å². The minimum atomic E-state index is -0.226. The van der Waals surface area contributed by atoms with Crippen molar-refractivity contribution in [2.75, 3.05) is 11.1 Å². The predicted molar refractivity (Wildman–Crippen MR) is 120 cm³/mol. The number of fused-ring (bicyclic) bond motifs is 1. The topological polar surface area (TPSA) is 76.1 Å². The van der Waals surface area contributed by atoms with Gasteiger partial charge in [-0.15, -0.1) is 11.8 Å². The summed E-state index contributed by atoms with van der Waals surface area (Å²) in [6, 6.07) is 17.9. The number of ether oxygens (including phenoxy) is 1. The van der Waals surface area contributed by atoms with Gasteiger partial charge in [-0.25, -0.2) is 0 Å².